The van der Waals surface area contributed by atoms with Gasteiger partial charge in [0, 0.05) is 30.1 Å². The van der Waals surface area contributed by atoms with Gasteiger partial charge in [0.1, 0.15) is 0 Å². The number of hydrogen-bond acceptors (Lipinski definition) is 4. The molecule has 1 aliphatic heterocycles. The lowest BCUT2D eigenvalue weighted by molar-refractivity contribution is 0.00297. The van der Waals surface area contributed by atoms with E-state index in [-0.39, 0.29) is 6.04 Å². The highest BCUT2D eigenvalue weighted by atomic mass is 79.9. The number of sulfonamides is 1. The fraction of sp³-hybridized carbons (Fsp3) is 0.647. The van der Waals surface area contributed by atoms with Crippen LogP contribution in [0, 0.1) is 5.92 Å². The predicted molar refractivity (Wildman–Crippen MR) is 99.6 cm³/mol. The number of morpholine rings is 1. The van der Waals surface area contributed by atoms with Gasteiger partial charge in [0.25, 0.3) is 0 Å². The molecule has 1 unspecified atom stereocenters. The van der Waals surface area contributed by atoms with Gasteiger partial charge in [0.2, 0.25) is 10.0 Å². The van der Waals surface area contributed by atoms with Crippen molar-refractivity contribution in [2.45, 2.75) is 37.6 Å². The van der Waals surface area contributed by atoms with E-state index in [1.54, 1.807) is 24.3 Å². The first kappa shape index (κ1) is 19.8. The number of hydrogen-bond donors (Lipinski definition) is 1. The average molecular weight is 419 g/mol. The summed E-state index contributed by atoms with van der Waals surface area (Å²) in [6, 6.07) is 6.93. The Kier molecular flexibility index (Phi) is 7.68. The lowest BCUT2D eigenvalue weighted by atomic mass is 9.92. The first-order valence-corrected chi connectivity index (χ1v) is 10.8. The quantitative estimate of drug-likeness (QED) is 0.704. The largest absolute Gasteiger partial charge is 0.379 e. The molecule has 0 radical (unpaired) electrons. The SMILES string of the molecule is CCC(CC)C(CNS(=O)(=O)c1ccc(Br)cc1)N1CCOCC1. The van der Waals surface area contributed by atoms with Crippen LogP contribution in [0.4, 0.5) is 0 Å². The summed E-state index contributed by atoms with van der Waals surface area (Å²) in [6.45, 7) is 7.94. The van der Waals surface area contributed by atoms with Crippen LogP contribution in [0.1, 0.15) is 26.7 Å². The second kappa shape index (κ2) is 9.29. The number of benzene rings is 1. The average Bonchev–Trinajstić information content (AvgIpc) is 2.59. The van der Waals surface area contributed by atoms with E-state index in [4.69, 9.17) is 4.74 Å². The van der Waals surface area contributed by atoms with Crippen molar-refractivity contribution in [1.82, 2.24) is 9.62 Å². The van der Waals surface area contributed by atoms with E-state index in [9.17, 15) is 8.42 Å². The summed E-state index contributed by atoms with van der Waals surface area (Å²) in [5.74, 6) is 0.468. The predicted octanol–water partition coefficient (Wildman–Crippen LogP) is 2.86. The van der Waals surface area contributed by atoms with Gasteiger partial charge in [-0.1, -0.05) is 42.6 Å². The lowest BCUT2D eigenvalue weighted by Crippen LogP contribution is -2.52. The van der Waals surface area contributed by atoms with Gasteiger partial charge in [-0.25, -0.2) is 13.1 Å². The Bertz CT molecular complexity index is 597. The van der Waals surface area contributed by atoms with Gasteiger partial charge in [-0.3, -0.25) is 4.90 Å². The molecule has 24 heavy (non-hydrogen) atoms. The maximum atomic E-state index is 12.6. The highest BCUT2D eigenvalue weighted by Crippen LogP contribution is 2.21. The van der Waals surface area contributed by atoms with Crippen molar-refractivity contribution >= 4 is 26.0 Å². The Morgan fingerprint density at radius 1 is 1.17 bits per heavy atom. The highest BCUT2D eigenvalue weighted by Gasteiger charge is 2.28. The van der Waals surface area contributed by atoms with Crippen molar-refractivity contribution < 1.29 is 13.2 Å². The fourth-order valence-corrected chi connectivity index (χ4v) is 4.54. The summed E-state index contributed by atoms with van der Waals surface area (Å²) in [7, 11) is -3.49. The Labute approximate surface area is 153 Å². The van der Waals surface area contributed by atoms with Crippen molar-refractivity contribution in [3.8, 4) is 0 Å². The molecular weight excluding hydrogens is 392 g/mol. The summed E-state index contributed by atoms with van der Waals surface area (Å²) in [6.07, 6.45) is 2.08. The van der Waals surface area contributed by atoms with Crippen molar-refractivity contribution in [3.05, 3.63) is 28.7 Å². The molecule has 0 amide bonds. The van der Waals surface area contributed by atoms with Gasteiger partial charge < -0.3 is 4.74 Å². The zero-order chi connectivity index (χ0) is 17.6. The Balaban J connectivity index is 2.09. The third-order valence-electron chi connectivity index (χ3n) is 4.71. The van der Waals surface area contributed by atoms with Crippen molar-refractivity contribution in [3.63, 3.8) is 0 Å². The smallest absolute Gasteiger partial charge is 0.240 e. The van der Waals surface area contributed by atoms with E-state index < -0.39 is 10.0 Å². The first-order valence-electron chi connectivity index (χ1n) is 8.55. The number of ether oxygens (including phenoxy) is 1. The van der Waals surface area contributed by atoms with E-state index >= 15 is 0 Å². The lowest BCUT2D eigenvalue weighted by Gasteiger charge is -2.38. The van der Waals surface area contributed by atoms with Crippen molar-refractivity contribution in [2.24, 2.45) is 5.92 Å². The van der Waals surface area contributed by atoms with Crippen LogP contribution in [-0.2, 0) is 14.8 Å². The first-order chi connectivity index (χ1) is 11.5. The van der Waals surface area contributed by atoms with Gasteiger partial charge in [0.15, 0.2) is 0 Å². The Hall–Kier alpha value is -0.470. The molecule has 1 aromatic carbocycles. The summed E-state index contributed by atoms with van der Waals surface area (Å²) in [5.41, 5.74) is 0. The molecular formula is C17H27BrN2O3S. The Morgan fingerprint density at radius 2 is 1.75 bits per heavy atom. The molecule has 1 atom stereocenters. The van der Waals surface area contributed by atoms with Crippen LogP contribution in [0.5, 0.6) is 0 Å². The topological polar surface area (TPSA) is 58.6 Å². The summed E-state index contributed by atoms with van der Waals surface area (Å²) >= 11 is 3.33. The van der Waals surface area contributed by atoms with Crippen molar-refractivity contribution in [2.75, 3.05) is 32.8 Å². The van der Waals surface area contributed by atoms with E-state index in [0.717, 1.165) is 43.6 Å². The normalized spacial score (nSPS) is 18.0. The standard InChI is InChI=1S/C17H27BrN2O3S/c1-3-14(4-2)17(20-9-11-23-12-10-20)13-19-24(21,22)16-7-5-15(18)6-8-16/h5-8,14,17,19H,3-4,9-13H2,1-2H3. The second-order valence-electron chi connectivity index (χ2n) is 6.10. The fourth-order valence-electron chi connectivity index (χ4n) is 3.23. The molecule has 0 saturated carbocycles. The second-order valence-corrected chi connectivity index (χ2v) is 8.78. The highest BCUT2D eigenvalue weighted by molar-refractivity contribution is 9.10. The number of nitrogens with one attached hydrogen (secondary N) is 1. The van der Waals surface area contributed by atoms with Gasteiger partial charge in [0.05, 0.1) is 18.1 Å². The van der Waals surface area contributed by atoms with Crippen LogP contribution in [0.3, 0.4) is 0 Å². The molecule has 1 saturated heterocycles. The van der Waals surface area contributed by atoms with E-state index in [0.29, 0.717) is 17.4 Å². The number of halogens is 1. The maximum absolute atomic E-state index is 12.6. The van der Waals surface area contributed by atoms with E-state index in [1.165, 1.54) is 0 Å². The molecule has 0 bridgehead atoms. The third-order valence-corrected chi connectivity index (χ3v) is 6.68. The van der Waals surface area contributed by atoms with Gasteiger partial charge in [-0.05, 0) is 30.2 Å². The molecule has 5 nitrogen and oxygen atoms in total. The van der Waals surface area contributed by atoms with Crippen LogP contribution in [0.25, 0.3) is 0 Å². The number of rotatable bonds is 8. The molecule has 0 spiro atoms. The van der Waals surface area contributed by atoms with E-state index in [1.807, 2.05) is 0 Å². The minimum absolute atomic E-state index is 0.203. The van der Waals surface area contributed by atoms with Gasteiger partial charge >= 0.3 is 0 Å². The van der Waals surface area contributed by atoms with Crippen molar-refractivity contribution in [1.29, 1.82) is 0 Å². The van der Waals surface area contributed by atoms with Crippen LogP contribution in [0.2, 0.25) is 0 Å². The monoisotopic (exact) mass is 418 g/mol. The minimum atomic E-state index is -3.49. The van der Waals surface area contributed by atoms with Gasteiger partial charge in [-0.2, -0.15) is 0 Å². The molecule has 1 aromatic rings. The molecule has 136 valence electrons. The summed E-state index contributed by atoms with van der Waals surface area (Å²) in [4.78, 5) is 2.67. The third kappa shape index (κ3) is 5.26. The van der Waals surface area contributed by atoms with Crippen LogP contribution >= 0.6 is 15.9 Å². The molecule has 1 aliphatic rings. The molecule has 2 rings (SSSR count). The van der Waals surface area contributed by atoms with E-state index in [2.05, 4.69) is 39.4 Å². The zero-order valence-electron chi connectivity index (χ0n) is 14.4. The molecule has 7 heteroatoms. The molecule has 0 aromatic heterocycles. The van der Waals surface area contributed by atoms with Crippen LogP contribution in [0.15, 0.2) is 33.6 Å². The number of nitrogens with zero attached hydrogens (tertiary/aromatic N) is 1. The molecule has 1 heterocycles. The minimum Gasteiger partial charge on any atom is -0.379 e. The molecule has 0 aliphatic carbocycles. The molecule has 1 N–H and O–H groups in total. The van der Waals surface area contributed by atoms with Crippen LogP contribution < -0.4 is 4.72 Å². The zero-order valence-corrected chi connectivity index (χ0v) is 16.8. The van der Waals surface area contributed by atoms with Gasteiger partial charge in [-0.15, -0.1) is 0 Å². The summed E-state index contributed by atoms with van der Waals surface area (Å²) in [5, 5.41) is 0. The van der Waals surface area contributed by atoms with Crippen LogP contribution in [-0.4, -0.2) is 52.2 Å². The summed E-state index contributed by atoms with van der Waals surface area (Å²) < 4.78 is 34.2. The molecule has 1 fully saturated rings. The maximum Gasteiger partial charge on any atom is 0.240 e. The Morgan fingerprint density at radius 3 is 2.29 bits per heavy atom.